The van der Waals surface area contributed by atoms with Gasteiger partial charge in [-0.15, -0.1) is 0 Å². The summed E-state index contributed by atoms with van der Waals surface area (Å²) in [5.41, 5.74) is 4.55. The number of aromatic nitrogens is 1. The first-order chi connectivity index (χ1) is 9.67. The van der Waals surface area contributed by atoms with E-state index in [1.807, 2.05) is 18.3 Å². The van der Waals surface area contributed by atoms with Crippen molar-refractivity contribution in [2.45, 2.75) is 13.8 Å². The summed E-state index contributed by atoms with van der Waals surface area (Å²) >= 11 is 0. The molecule has 0 N–H and O–H groups in total. The average Bonchev–Trinajstić information content (AvgIpc) is 2.47. The highest BCUT2D eigenvalue weighted by molar-refractivity contribution is 5.86. The molecule has 3 rings (SSSR count). The third-order valence-electron chi connectivity index (χ3n) is 3.60. The Balaban J connectivity index is 2.17. The predicted molar refractivity (Wildman–Crippen MR) is 83.2 cm³/mol. The highest BCUT2D eigenvalue weighted by Gasteiger charge is 2.06. The topological polar surface area (TPSA) is 22.1 Å². The zero-order valence-electron chi connectivity index (χ0n) is 12.0. The molecule has 0 aliphatic carbocycles. The van der Waals surface area contributed by atoms with Gasteiger partial charge < -0.3 is 4.74 Å². The third kappa shape index (κ3) is 2.25. The lowest BCUT2D eigenvalue weighted by atomic mass is 10.0. The SMILES string of the molecule is COc1ccc(C)c(-c2cc3ccc(C)cc3cn2)c1. The van der Waals surface area contributed by atoms with E-state index in [4.69, 9.17) is 4.74 Å². The molecule has 20 heavy (non-hydrogen) atoms. The Kier molecular flexibility index (Phi) is 3.15. The number of methoxy groups -OCH3 is 1. The van der Waals surface area contributed by atoms with E-state index in [1.54, 1.807) is 7.11 Å². The van der Waals surface area contributed by atoms with Gasteiger partial charge in [-0.2, -0.15) is 0 Å². The fourth-order valence-electron chi connectivity index (χ4n) is 2.41. The summed E-state index contributed by atoms with van der Waals surface area (Å²) in [6.45, 7) is 4.19. The van der Waals surface area contributed by atoms with Gasteiger partial charge in [0, 0.05) is 17.1 Å². The van der Waals surface area contributed by atoms with Crippen molar-refractivity contribution in [2.75, 3.05) is 7.11 Å². The average molecular weight is 263 g/mol. The summed E-state index contributed by atoms with van der Waals surface area (Å²) in [5, 5.41) is 2.39. The first kappa shape index (κ1) is 12.7. The predicted octanol–water partition coefficient (Wildman–Crippen LogP) is 4.53. The molecule has 0 saturated heterocycles. The maximum Gasteiger partial charge on any atom is 0.119 e. The molecule has 0 saturated carbocycles. The maximum atomic E-state index is 5.31. The van der Waals surface area contributed by atoms with E-state index in [9.17, 15) is 0 Å². The summed E-state index contributed by atoms with van der Waals surface area (Å²) in [4.78, 5) is 4.60. The zero-order valence-corrected chi connectivity index (χ0v) is 12.0. The molecule has 0 amide bonds. The van der Waals surface area contributed by atoms with Crippen LogP contribution in [0.25, 0.3) is 22.0 Å². The van der Waals surface area contributed by atoms with Crippen LogP contribution in [0.2, 0.25) is 0 Å². The highest BCUT2D eigenvalue weighted by Crippen LogP contribution is 2.28. The van der Waals surface area contributed by atoms with Gasteiger partial charge in [0.1, 0.15) is 5.75 Å². The minimum absolute atomic E-state index is 0.858. The molecule has 0 bridgehead atoms. The summed E-state index contributed by atoms with van der Waals surface area (Å²) in [6.07, 6.45) is 1.94. The van der Waals surface area contributed by atoms with E-state index >= 15 is 0 Å². The van der Waals surface area contributed by atoms with Gasteiger partial charge in [-0.25, -0.2) is 0 Å². The Hall–Kier alpha value is -2.35. The zero-order chi connectivity index (χ0) is 14.1. The number of benzene rings is 2. The molecule has 0 atom stereocenters. The van der Waals surface area contributed by atoms with E-state index in [-0.39, 0.29) is 0 Å². The van der Waals surface area contributed by atoms with E-state index < -0.39 is 0 Å². The van der Waals surface area contributed by atoms with Gasteiger partial charge >= 0.3 is 0 Å². The lowest BCUT2D eigenvalue weighted by molar-refractivity contribution is 0.415. The molecule has 0 aliphatic heterocycles. The van der Waals surface area contributed by atoms with Crippen molar-refractivity contribution in [3.8, 4) is 17.0 Å². The number of hydrogen-bond acceptors (Lipinski definition) is 2. The maximum absolute atomic E-state index is 5.31. The van der Waals surface area contributed by atoms with E-state index in [0.717, 1.165) is 17.0 Å². The van der Waals surface area contributed by atoms with Crippen LogP contribution in [0.5, 0.6) is 5.75 Å². The minimum atomic E-state index is 0.858. The Morgan fingerprint density at radius 1 is 0.900 bits per heavy atom. The second-order valence-corrected chi connectivity index (χ2v) is 5.10. The molecule has 0 fully saturated rings. The molecule has 1 heterocycles. The second-order valence-electron chi connectivity index (χ2n) is 5.10. The number of fused-ring (bicyclic) bond motifs is 1. The lowest BCUT2D eigenvalue weighted by Gasteiger charge is -2.09. The van der Waals surface area contributed by atoms with Gasteiger partial charge in [0.15, 0.2) is 0 Å². The van der Waals surface area contributed by atoms with E-state index in [1.165, 1.54) is 21.9 Å². The molecule has 0 aliphatic rings. The fourth-order valence-corrected chi connectivity index (χ4v) is 2.41. The van der Waals surface area contributed by atoms with Gasteiger partial charge in [-0.3, -0.25) is 4.98 Å². The van der Waals surface area contributed by atoms with Crippen LogP contribution < -0.4 is 4.74 Å². The largest absolute Gasteiger partial charge is 0.497 e. The number of pyridine rings is 1. The molecule has 2 nitrogen and oxygen atoms in total. The van der Waals surface area contributed by atoms with Crippen LogP contribution in [0.15, 0.2) is 48.7 Å². The molecule has 0 radical (unpaired) electrons. The van der Waals surface area contributed by atoms with Crippen molar-refractivity contribution >= 4 is 10.8 Å². The molecule has 3 aromatic rings. The quantitative estimate of drug-likeness (QED) is 0.677. The van der Waals surface area contributed by atoms with Crippen LogP contribution in [-0.4, -0.2) is 12.1 Å². The van der Waals surface area contributed by atoms with Gasteiger partial charge in [-0.1, -0.05) is 23.8 Å². The van der Waals surface area contributed by atoms with Gasteiger partial charge in [-0.05, 0) is 49.1 Å². The van der Waals surface area contributed by atoms with Crippen LogP contribution in [0.4, 0.5) is 0 Å². The van der Waals surface area contributed by atoms with Crippen LogP contribution in [0.3, 0.4) is 0 Å². The first-order valence-electron chi connectivity index (χ1n) is 6.69. The molecule has 0 spiro atoms. The number of aryl methyl sites for hydroxylation is 2. The van der Waals surface area contributed by atoms with Crippen LogP contribution >= 0.6 is 0 Å². The Morgan fingerprint density at radius 2 is 1.75 bits per heavy atom. The molecule has 2 heteroatoms. The minimum Gasteiger partial charge on any atom is -0.497 e. The number of hydrogen-bond donors (Lipinski definition) is 0. The standard InChI is InChI=1S/C18H17NO/c1-12-4-6-14-9-18(19-11-15(14)8-12)17-10-16(20-3)7-5-13(17)2/h4-11H,1-3H3. The Bertz CT molecular complexity index is 777. The van der Waals surface area contributed by atoms with E-state index in [0.29, 0.717) is 0 Å². The van der Waals surface area contributed by atoms with E-state index in [2.05, 4.69) is 49.2 Å². The number of ether oxygens (including phenoxy) is 1. The summed E-state index contributed by atoms with van der Waals surface area (Å²) in [7, 11) is 1.69. The number of rotatable bonds is 2. The van der Waals surface area contributed by atoms with Gasteiger partial charge in [0.2, 0.25) is 0 Å². The monoisotopic (exact) mass is 263 g/mol. The summed E-state index contributed by atoms with van der Waals surface area (Å²) in [6, 6.07) is 14.6. The van der Waals surface area contributed by atoms with Crippen molar-refractivity contribution in [2.24, 2.45) is 0 Å². The van der Waals surface area contributed by atoms with Crippen molar-refractivity contribution in [3.05, 3.63) is 59.8 Å². The van der Waals surface area contributed by atoms with Crippen molar-refractivity contribution in [1.29, 1.82) is 0 Å². The molecular weight excluding hydrogens is 246 g/mol. The Labute approximate surface area is 119 Å². The fraction of sp³-hybridized carbons (Fsp3) is 0.167. The van der Waals surface area contributed by atoms with Crippen molar-refractivity contribution in [1.82, 2.24) is 4.98 Å². The van der Waals surface area contributed by atoms with Crippen LogP contribution in [0, 0.1) is 13.8 Å². The molecular formula is C18H17NO. The number of nitrogens with zero attached hydrogens (tertiary/aromatic N) is 1. The van der Waals surface area contributed by atoms with Crippen molar-refractivity contribution in [3.63, 3.8) is 0 Å². The molecule has 2 aromatic carbocycles. The Morgan fingerprint density at radius 3 is 2.55 bits per heavy atom. The first-order valence-corrected chi connectivity index (χ1v) is 6.69. The molecule has 0 unspecified atom stereocenters. The molecule has 100 valence electrons. The van der Waals surface area contributed by atoms with Crippen LogP contribution in [-0.2, 0) is 0 Å². The molecule has 1 aromatic heterocycles. The van der Waals surface area contributed by atoms with Gasteiger partial charge in [0.25, 0.3) is 0 Å². The van der Waals surface area contributed by atoms with Crippen molar-refractivity contribution < 1.29 is 4.74 Å². The second kappa shape index (κ2) is 4.97. The van der Waals surface area contributed by atoms with Gasteiger partial charge in [0.05, 0.1) is 12.8 Å². The summed E-state index contributed by atoms with van der Waals surface area (Å²) in [5.74, 6) is 0.858. The smallest absolute Gasteiger partial charge is 0.119 e. The summed E-state index contributed by atoms with van der Waals surface area (Å²) < 4.78 is 5.31. The normalized spacial score (nSPS) is 10.8. The third-order valence-corrected chi connectivity index (χ3v) is 3.60. The van der Waals surface area contributed by atoms with Crippen LogP contribution in [0.1, 0.15) is 11.1 Å². The lowest BCUT2D eigenvalue weighted by Crippen LogP contribution is -1.90. The highest BCUT2D eigenvalue weighted by atomic mass is 16.5.